The number of hydrogen-bond donors (Lipinski definition) is 1. The molecule has 8 nitrogen and oxygen atoms in total. The van der Waals surface area contributed by atoms with Crippen LogP contribution in [0.1, 0.15) is 18.4 Å². The zero-order valence-electron chi connectivity index (χ0n) is 17.6. The van der Waals surface area contributed by atoms with Crippen LogP contribution in [0.3, 0.4) is 0 Å². The molecule has 1 fully saturated rings. The van der Waals surface area contributed by atoms with Crippen LogP contribution in [-0.2, 0) is 14.3 Å². The Kier molecular flexibility index (Phi) is 8.29. The van der Waals surface area contributed by atoms with E-state index in [0.717, 1.165) is 43.0 Å². The van der Waals surface area contributed by atoms with Crippen LogP contribution < -0.4 is 10.2 Å². The molecule has 3 aromatic rings. The van der Waals surface area contributed by atoms with E-state index >= 15 is 0 Å². The van der Waals surface area contributed by atoms with Crippen LogP contribution in [0.15, 0.2) is 54.0 Å². The maximum absolute atomic E-state index is 11.4. The molecule has 0 saturated carbocycles. The first kappa shape index (κ1) is 22.9. The number of hydrogen-bond acceptors (Lipinski definition) is 8. The molecule has 0 spiro atoms. The maximum atomic E-state index is 11.4. The minimum absolute atomic E-state index is 0.00429. The van der Waals surface area contributed by atoms with Gasteiger partial charge in [0.05, 0.1) is 24.3 Å². The molecule has 1 aliphatic heterocycles. The van der Waals surface area contributed by atoms with Crippen LogP contribution in [0.5, 0.6) is 0 Å². The SMILES string of the molecule is COC(=O)C1CCN(c2ccc(C#N)cn2)CC1.O=CNc1nc(-c2ccccc2)cs1. The van der Waals surface area contributed by atoms with E-state index < -0.39 is 0 Å². The van der Waals surface area contributed by atoms with Gasteiger partial charge in [0, 0.05) is 30.2 Å². The van der Waals surface area contributed by atoms with Gasteiger partial charge in [0.25, 0.3) is 0 Å². The van der Waals surface area contributed by atoms with E-state index in [2.05, 4.69) is 20.2 Å². The lowest BCUT2D eigenvalue weighted by atomic mass is 9.97. The van der Waals surface area contributed by atoms with Gasteiger partial charge in [-0.1, -0.05) is 30.3 Å². The van der Waals surface area contributed by atoms with Gasteiger partial charge in [-0.05, 0) is 25.0 Å². The summed E-state index contributed by atoms with van der Waals surface area (Å²) in [5, 5.41) is 13.8. The monoisotopic (exact) mass is 449 g/mol. The summed E-state index contributed by atoms with van der Waals surface area (Å²) in [6.07, 6.45) is 3.78. The Morgan fingerprint density at radius 2 is 2.00 bits per heavy atom. The number of methoxy groups -OCH3 is 1. The average Bonchev–Trinajstić information content (AvgIpc) is 3.34. The Morgan fingerprint density at radius 3 is 2.59 bits per heavy atom. The van der Waals surface area contributed by atoms with Gasteiger partial charge in [0.2, 0.25) is 6.41 Å². The molecule has 1 aliphatic rings. The Bertz CT molecular complexity index is 1060. The van der Waals surface area contributed by atoms with Crippen LogP contribution >= 0.6 is 11.3 Å². The number of pyridine rings is 1. The molecule has 0 bridgehead atoms. The Balaban J connectivity index is 0.000000186. The number of nitriles is 1. The second-order valence-electron chi connectivity index (χ2n) is 6.97. The molecule has 1 saturated heterocycles. The summed E-state index contributed by atoms with van der Waals surface area (Å²) in [6, 6.07) is 15.5. The van der Waals surface area contributed by atoms with Crippen molar-refractivity contribution in [1.82, 2.24) is 9.97 Å². The molecule has 1 aromatic carbocycles. The number of rotatable bonds is 5. The smallest absolute Gasteiger partial charge is 0.308 e. The first-order valence-electron chi connectivity index (χ1n) is 10.0. The first-order chi connectivity index (χ1) is 15.6. The normalized spacial score (nSPS) is 13.3. The van der Waals surface area contributed by atoms with Gasteiger partial charge in [0.1, 0.15) is 11.9 Å². The van der Waals surface area contributed by atoms with Crippen LogP contribution in [0.25, 0.3) is 11.3 Å². The van der Waals surface area contributed by atoms with Crippen molar-refractivity contribution in [2.75, 3.05) is 30.4 Å². The van der Waals surface area contributed by atoms with Crippen molar-refractivity contribution in [2.45, 2.75) is 12.8 Å². The number of benzene rings is 1. The van der Waals surface area contributed by atoms with Gasteiger partial charge in [-0.2, -0.15) is 5.26 Å². The molecular formula is C23H23N5O3S. The number of aromatic nitrogens is 2. The predicted molar refractivity (Wildman–Crippen MR) is 123 cm³/mol. The standard InChI is InChI=1S/C13H15N3O2.C10H8N2OS/c1-18-13(17)11-4-6-16(7-5-11)12-3-2-10(8-14)9-15-12;13-7-11-10-12-9(6-14-10)8-4-2-1-3-5-8/h2-3,9,11H,4-7H2,1H3;1-7H,(H,11,12,13). The van der Waals surface area contributed by atoms with Crippen molar-refractivity contribution in [3.05, 3.63) is 59.6 Å². The Morgan fingerprint density at radius 1 is 1.25 bits per heavy atom. The van der Waals surface area contributed by atoms with E-state index in [9.17, 15) is 9.59 Å². The third-order valence-corrected chi connectivity index (χ3v) is 5.76. The van der Waals surface area contributed by atoms with Gasteiger partial charge in [-0.3, -0.25) is 9.59 Å². The molecule has 164 valence electrons. The summed E-state index contributed by atoms with van der Waals surface area (Å²) in [5.74, 6) is 0.740. The van der Waals surface area contributed by atoms with E-state index in [1.165, 1.54) is 18.4 Å². The van der Waals surface area contributed by atoms with Crippen molar-refractivity contribution in [3.8, 4) is 17.3 Å². The highest BCUT2D eigenvalue weighted by atomic mass is 32.1. The number of piperidine rings is 1. The number of thiazole rings is 1. The van der Waals surface area contributed by atoms with Gasteiger partial charge in [0.15, 0.2) is 5.13 Å². The second kappa shape index (κ2) is 11.6. The average molecular weight is 450 g/mol. The maximum Gasteiger partial charge on any atom is 0.308 e. The molecule has 1 amide bonds. The van der Waals surface area contributed by atoms with E-state index in [-0.39, 0.29) is 11.9 Å². The summed E-state index contributed by atoms with van der Waals surface area (Å²) in [6.45, 7) is 1.58. The molecule has 0 atom stereocenters. The third kappa shape index (κ3) is 6.12. The minimum atomic E-state index is -0.123. The summed E-state index contributed by atoms with van der Waals surface area (Å²) >= 11 is 1.42. The summed E-state index contributed by atoms with van der Waals surface area (Å²) in [5.41, 5.74) is 2.51. The van der Waals surface area contributed by atoms with E-state index in [0.29, 0.717) is 17.1 Å². The van der Waals surface area contributed by atoms with Crippen LogP contribution in [0.2, 0.25) is 0 Å². The van der Waals surface area contributed by atoms with Gasteiger partial charge in [-0.15, -0.1) is 11.3 Å². The van der Waals surface area contributed by atoms with Crippen molar-refractivity contribution in [1.29, 1.82) is 5.26 Å². The number of nitrogens with one attached hydrogen (secondary N) is 1. The molecule has 0 radical (unpaired) electrons. The number of carbonyl (C=O) groups is 2. The number of ether oxygens (including phenoxy) is 1. The van der Waals surface area contributed by atoms with Gasteiger partial charge >= 0.3 is 5.97 Å². The van der Waals surface area contributed by atoms with Crippen molar-refractivity contribution in [2.24, 2.45) is 5.92 Å². The molecular weight excluding hydrogens is 426 g/mol. The van der Waals surface area contributed by atoms with Crippen molar-refractivity contribution in [3.63, 3.8) is 0 Å². The predicted octanol–water partition coefficient (Wildman–Crippen LogP) is 3.72. The van der Waals surface area contributed by atoms with Crippen molar-refractivity contribution < 1.29 is 14.3 Å². The molecule has 4 rings (SSSR count). The number of esters is 1. The molecule has 2 aromatic heterocycles. The Hall–Kier alpha value is -3.77. The van der Waals surface area contributed by atoms with E-state index in [4.69, 9.17) is 10.00 Å². The van der Waals surface area contributed by atoms with Gasteiger partial charge in [-0.25, -0.2) is 9.97 Å². The summed E-state index contributed by atoms with van der Waals surface area (Å²) in [7, 11) is 1.43. The third-order valence-electron chi connectivity index (χ3n) is 4.99. The number of amides is 1. The second-order valence-corrected chi connectivity index (χ2v) is 7.83. The van der Waals surface area contributed by atoms with Crippen LogP contribution in [0.4, 0.5) is 10.9 Å². The molecule has 9 heteroatoms. The highest BCUT2D eigenvalue weighted by molar-refractivity contribution is 7.14. The van der Waals surface area contributed by atoms with Crippen molar-refractivity contribution >= 4 is 34.7 Å². The zero-order chi connectivity index (χ0) is 22.8. The molecule has 3 heterocycles. The van der Waals surface area contributed by atoms with E-state index in [1.807, 2.05) is 47.8 Å². The van der Waals surface area contributed by atoms with E-state index in [1.54, 1.807) is 12.3 Å². The topological polar surface area (TPSA) is 108 Å². The minimum Gasteiger partial charge on any atom is -0.469 e. The van der Waals surface area contributed by atoms with Gasteiger partial charge < -0.3 is 15.0 Å². The lowest BCUT2D eigenvalue weighted by molar-refractivity contribution is -0.146. The fourth-order valence-electron chi connectivity index (χ4n) is 3.28. The Labute approximate surface area is 190 Å². The molecule has 32 heavy (non-hydrogen) atoms. The van der Waals surface area contributed by atoms with Crippen LogP contribution in [-0.4, -0.2) is 42.5 Å². The lowest BCUT2D eigenvalue weighted by Gasteiger charge is -2.31. The summed E-state index contributed by atoms with van der Waals surface area (Å²) in [4.78, 5) is 32.2. The highest BCUT2D eigenvalue weighted by Crippen LogP contribution is 2.24. The highest BCUT2D eigenvalue weighted by Gasteiger charge is 2.26. The fraction of sp³-hybridized carbons (Fsp3) is 0.261. The number of nitrogens with zero attached hydrogens (tertiary/aromatic N) is 4. The fourth-order valence-corrected chi connectivity index (χ4v) is 3.96. The lowest BCUT2D eigenvalue weighted by Crippen LogP contribution is -2.37. The largest absolute Gasteiger partial charge is 0.469 e. The quantitative estimate of drug-likeness (QED) is 0.467. The number of carbonyl (C=O) groups excluding carboxylic acids is 2. The molecule has 0 unspecified atom stereocenters. The molecule has 1 N–H and O–H groups in total. The first-order valence-corrected chi connectivity index (χ1v) is 10.9. The van der Waals surface area contributed by atoms with Crippen LogP contribution in [0, 0.1) is 17.2 Å². The molecule has 0 aliphatic carbocycles. The number of anilines is 2. The summed E-state index contributed by atoms with van der Waals surface area (Å²) < 4.78 is 4.75. The zero-order valence-corrected chi connectivity index (χ0v) is 18.4.